The van der Waals surface area contributed by atoms with Crippen LogP contribution >= 0.6 is 0 Å². The van der Waals surface area contributed by atoms with E-state index in [0.29, 0.717) is 0 Å². The van der Waals surface area contributed by atoms with Crippen molar-refractivity contribution in [2.75, 3.05) is 0 Å². The summed E-state index contributed by atoms with van der Waals surface area (Å²) in [5.41, 5.74) is 4.79. The van der Waals surface area contributed by atoms with E-state index in [1.54, 1.807) is 0 Å². The summed E-state index contributed by atoms with van der Waals surface area (Å²) in [6, 6.07) is 19.3. The Morgan fingerprint density at radius 2 is 1.22 bits per heavy atom. The molecule has 2 aliphatic heterocycles. The Morgan fingerprint density at radius 3 is 1.57 bits per heavy atom. The van der Waals surface area contributed by atoms with Crippen LogP contribution in [-0.2, 0) is 14.9 Å². The molecule has 0 amide bonds. The first-order valence-corrected chi connectivity index (χ1v) is 8.33. The van der Waals surface area contributed by atoms with E-state index in [1.807, 2.05) is 12.1 Å². The number of hydrogen-bond acceptors (Lipinski definition) is 2. The number of rotatable bonds is 4. The van der Waals surface area contributed by atoms with Gasteiger partial charge in [-0.1, -0.05) is 50.2 Å². The van der Waals surface area contributed by atoms with E-state index in [9.17, 15) is 0 Å². The summed E-state index contributed by atoms with van der Waals surface area (Å²) >= 11 is 0. The maximum atomic E-state index is 5.72. The molecule has 0 spiro atoms. The van der Waals surface area contributed by atoms with Gasteiger partial charge in [0.1, 0.15) is 12.2 Å². The van der Waals surface area contributed by atoms with Crippen molar-refractivity contribution < 1.29 is 9.47 Å². The van der Waals surface area contributed by atoms with Crippen molar-refractivity contribution in [3.8, 4) is 0 Å². The summed E-state index contributed by atoms with van der Waals surface area (Å²) in [6.07, 6.45) is 0.934. The fourth-order valence-electron chi connectivity index (χ4n) is 3.58. The summed E-state index contributed by atoms with van der Waals surface area (Å²) in [5, 5.41) is 0. The maximum absolute atomic E-state index is 5.72. The van der Waals surface area contributed by atoms with Crippen LogP contribution in [0.15, 0.2) is 36.4 Å². The molecule has 23 heavy (non-hydrogen) atoms. The lowest BCUT2D eigenvalue weighted by molar-refractivity contribution is 0.378. The van der Waals surface area contributed by atoms with Crippen molar-refractivity contribution in [3.63, 3.8) is 0 Å². The minimum Gasteiger partial charge on any atom is -0.365 e. The number of ether oxygens (including phenoxy) is 2. The molecule has 0 N–H and O–H groups in total. The van der Waals surface area contributed by atoms with Gasteiger partial charge < -0.3 is 9.47 Å². The first-order valence-electron chi connectivity index (χ1n) is 8.33. The van der Waals surface area contributed by atoms with Crippen LogP contribution in [0.5, 0.6) is 0 Å². The van der Waals surface area contributed by atoms with E-state index in [-0.39, 0.29) is 29.8 Å². The summed E-state index contributed by atoms with van der Waals surface area (Å²) < 4.78 is 11.4. The van der Waals surface area contributed by atoms with E-state index < -0.39 is 0 Å². The Kier molecular flexibility index (Phi) is 3.36. The third-order valence-corrected chi connectivity index (χ3v) is 5.11. The normalized spacial score (nSPS) is 29.4. The van der Waals surface area contributed by atoms with E-state index in [0.717, 1.165) is 0 Å². The molecular formula is C21H22O2. The van der Waals surface area contributed by atoms with Gasteiger partial charge in [-0.2, -0.15) is 0 Å². The largest absolute Gasteiger partial charge is 0.365 e. The molecule has 2 fully saturated rings. The monoisotopic (exact) mass is 306 g/mol. The molecule has 2 aromatic rings. The standard InChI is InChI=1S/C21H22O2/c1-13-19(22-13)15-9-5-7-11-17(15)21(3,4)18-12-8-6-10-16(18)20-14(2)23-20/h5-8,11-14,19-20H,1-4H3. The van der Waals surface area contributed by atoms with E-state index in [2.05, 4.69) is 64.1 Å². The van der Waals surface area contributed by atoms with E-state index in [4.69, 9.17) is 9.47 Å². The molecule has 118 valence electrons. The molecule has 2 heteroatoms. The molecule has 2 heterocycles. The second kappa shape index (κ2) is 5.19. The van der Waals surface area contributed by atoms with Gasteiger partial charge in [0.15, 0.2) is 0 Å². The molecule has 2 aromatic carbocycles. The zero-order valence-corrected chi connectivity index (χ0v) is 14.1. The highest BCUT2D eigenvalue weighted by Gasteiger charge is 2.43. The van der Waals surface area contributed by atoms with Crippen LogP contribution in [0.2, 0.25) is 0 Å². The molecule has 4 rings (SSSR count). The van der Waals surface area contributed by atoms with Gasteiger partial charge in [0.05, 0.1) is 12.2 Å². The maximum Gasteiger partial charge on any atom is 0.110 e. The molecular weight excluding hydrogens is 284 g/mol. The van der Waals surface area contributed by atoms with Gasteiger partial charge in [-0.25, -0.2) is 0 Å². The fourth-order valence-corrected chi connectivity index (χ4v) is 3.58. The first-order chi connectivity index (χ1) is 11.0. The average Bonchev–Trinajstić information content (AvgIpc) is 3.46. The van der Waals surface area contributed by atoms with Crippen LogP contribution in [0.3, 0.4) is 0 Å². The summed E-state index contributed by atoms with van der Waals surface area (Å²) in [6.45, 7) is 8.77. The van der Waals surface area contributed by atoms with Gasteiger partial charge in [0, 0.05) is 5.41 Å². The Bertz CT molecular complexity index is 673. The summed E-state index contributed by atoms with van der Waals surface area (Å²) in [7, 11) is 0. The second-order valence-electron chi connectivity index (χ2n) is 7.14. The number of epoxide rings is 2. The van der Waals surface area contributed by atoms with Gasteiger partial charge in [-0.3, -0.25) is 0 Å². The SMILES string of the molecule is CC1OC1c1[c]cccc1C(C)(C)c1ccc[c]c1C1OC1C. The van der Waals surface area contributed by atoms with Crippen molar-refractivity contribution in [2.24, 2.45) is 0 Å². The highest BCUT2D eigenvalue weighted by molar-refractivity contribution is 5.48. The molecule has 2 nitrogen and oxygen atoms in total. The minimum atomic E-state index is -0.141. The zero-order valence-electron chi connectivity index (χ0n) is 14.1. The highest BCUT2D eigenvalue weighted by atomic mass is 16.6. The molecule has 0 aliphatic carbocycles. The molecule has 0 aromatic heterocycles. The molecule has 2 saturated heterocycles. The van der Waals surface area contributed by atoms with Crippen LogP contribution in [0.1, 0.15) is 62.2 Å². The van der Waals surface area contributed by atoms with Crippen molar-refractivity contribution >= 4 is 0 Å². The average molecular weight is 306 g/mol. The molecule has 0 bridgehead atoms. The molecule has 4 atom stereocenters. The van der Waals surface area contributed by atoms with Crippen molar-refractivity contribution in [1.82, 2.24) is 0 Å². The topological polar surface area (TPSA) is 25.1 Å². The Balaban J connectivity index is 1.80. The minimum absolute atomic E-state index is 0.141. The van der Waals surface area contributed by atoms with Crippen LogP contribution in [0.25, 0.3) is 0 Å². The summed E-state index contributed by atoms with van der Waals surface area (Å²) in [4.78, 5) is 0. The third kappa shape index (κ3) is 2.50. The smallest absolute Gasteiger partial charge is 0.110 e. The highest BCUT2D eigenvalue weighted by Crippen LogP contribution is 2.48. The summed E-state index contributed by atoms with van der Waals surface area (Å²) in [5.74, 6) is 0. The molecule has 2 aliphatic rings. The predicted molar refractivity (Wildman–Crippen MR) is 89.3 cm³/mol. The van der Waals surface area contributed by atoms with Gasteiger partial charge in [-0.15, -0.1) is 0 Å². The van der Waals surface area contributed by atoms with Crippen molar-refractivity contribution in [2.45, 2.75) is 57.5 Å². The van der Waals surface area contributed by atoms with Crippen molar-refractivity contribution in [3.05, 3.63) is 70.8 Å². The Hall–Kier alpha value is -1.64. The van der Waals surface area contributed by atoms with Gasteiger partial charge in [-0.05, 0) is 48.2 Å². The van der Waals surface area contributed by atoms with Crippen LogP contribution in [-0.4, -0.2) is 12.2 Å². The zero-order chi connectivity index (χ0) is 16.2. The fraction of sp³-hybridized carbons (Fsp3) is 0.429. The van der Waals surface area contributed by atoms with E-state index in [1.165, 1.54) is 22.3 Å². The quantitative estimate of drug-likeness (QED) is 0.775. The lowest BCUT2D eigenvalue weighted by Gasteiger charge is -2.30. The number of hydrogen-bond donors (Lipinski definition) is 0. The molecule has 4 unspecified atom stereocenters. The second-order valence-corrected chi connectivity index (χ2v) is 7.14. The van der Waals surface area contributed by atoms with Crippen LogP contribution < -0.4 is 0 Å². The lowest BCUT2D eigenvalue weighted by Crippen LogP contribution is -2.23. The number of benzene rings is 2. The predicted octanol–water partition coefficient (Wildman–Crippen LogP) is 4.53. The lowest BCUT2D eigenvalue weighted by atomic mass is 9.73. The van der Waals surface area contributed by atoms with Gasteiger partial charge >= 0.3 is 0 Å². The Labute approximate surface area is 138 Å². The molecule has 2 radical (unpaired) electrons. The van der Waals surface area contributed by atoms with Gasteiger partial charge in [0.2, 0.25) is 0 Å². The third-order valence-electron chi connectivity index (χ3n) is 5.11. The van der Waals surface area contributed by atoms with Crippen molar-refractivity contribution in [1.29, 1.82) is 0 Å². The van der Waals surface area contributed by atoms with Crippen LogP contribution in [0, 0.1) is 12.1 Å². The van der Waals surface area contributed by atoms with Crippen LogP contribution in [0.4, 0.5) is 0 Å². The van der Waals surface area contributed by atoms with E-state index >= 15 is 0 Å². The first kappa shape index (κ1) is 14.9. The van der Waals surface area contributed by atoms with Gasteiger partial charge in [0.25, 0.3) is 0 Å². The Morgan fingerprint density at radius 1 is 0.826 bits per heavy atom. The molecule has 0 saturated carbocycles.